The topological polar surface area (TPSA) is 26.3 Å². The van der Waals surface area contributed by atoms with Crippen LogP contribution in [-0.4, -0.2) is 18.3 Å². The average molecular weight is 158 g/mol. The minimum atomic E-state index is -0.162. The number of hydrogen-bond donors (Lipinski definition) is 0. The lowest BCUT2D eigenvalue weighted by Crippen LogP contribution is -2.03. The number of esters is 1. The molecule has 0 unspecified atom stereocenters. The van der Waals surface area contributed by atoms with E-state index >= 15 is 0 Å². The number of ether oxygens (including phenoxy) is 1. The van der Waals surface area contributed by atoms with Crippen LogP contribution < -0.4 is 0 Å². The van der Waals surface area contributed by atoms with Gasteiger partial charge in [0.1, 0.15) is 0 Å². The Kier molecular flexibility index (Phi) is 2.81. The lowest BCUT2D eigenvalue weighted by molar-refractivity contribution is -0.137. The zero-order valence-corrected chi connectivity index (χ0v) is 6.74. The predicted molar refractivity (Wildman–Crippen MR) is 41.8 cm³/mol. The molecule has 1 aliphatic heterocycles. The van der Waals surface area contributed by atoms with Gasteiger partial charge in [-0.05, 0) is 13.3 Å². The highest BCUT2D eigenvalue weighted by Crippen LogP contribution is 2.25. The smallest absolute Gasteiger partial charge is 0.344 e. The van der Waals surface area contributed by atoms with Crippen LogP contribution in [0.15, 0.2) is 11.0 Å². The summed E-state index contributed by atoms with van der Waals surface area (Å²) in [5, 5.41) is 0. The van der Waals surface area contributed by atoms with E-state index in [0.717, 1.165) is 17.1 Å². The Morgan fingerprint density at radius 1 is 1.90 bits per heavy atom. The summed E-state index contributed by atoms with van der Waals surface area (Å²) in [6.07, 6.45) is 2.93. The molecule has 10 heavy (non-hydrogen) atoms. The van der Waals surface area contributed by atoms with Crippen LogP contribution in [0.4, 0.5) is 0 Å². The summed E-state index contributed by atoms with van der Waals surface area (Å²) >= 11 is 1.58. The molecule has 1 rings (SSSR count). The van der Waals surface area contributed by atoms with Gasteiger partial charge in [0, 0.05) is 5.75 Å². The number of allylic oxidation sites excluding steroid dienone is 1. The number of carbonyl (C=O) groups excluding carboxylic acids is 1. The van der Waals surface area contributed by atoms with Crippen LogP contribution in [-0.2, 0) is 9.53 Å². The molecule has 0 aromatic rings. The van der Waals surface area contributed by atoms with Crippen molar-refractivity contribution in [2.75, 3.05) is 12.4 Å². The van der Waals surface area contributed by atoms with Crippen molar-refractivity contribution in [3.05, 3.63) is 11.0 Å². The fourth-order valence-corrected chi connectivity index (χ4v) is 1.63. The second-order valence-corrected chi connectivity index (χ2v) is 3.06. The molecule has 0 amide bonds. The molecule has 0 aromatic heterocycles. The molecule has 0 saturated heterocycles. The molecule has 2 nitrogen and oxygen atoms in total. The van der Waals surface area contributed by atoms with Gasteiger partial charge < -0.3 is 4.74 Å². The highest BCUT2D eigenvalue weighted by Gasteiger charge is 2.13. The van der Waals surface area contributed by atoms with Crippen LogP contribution in [0.2, 0.25) is 0 Å². The van der Waals surface area contributed by atoms with Crippen molar-refractivity contribution in [2.24, 2.45) is 0 Å². The van der Waals surface area contributed by atoms with Crippen molar-refractivity contribution in [3.8, 4) is 0 Å². The van der Waals surface area contributed by atoms with Gasteiger partial charge in [-0.2, -0.15) is 0 Å². The highest BCUT2D eigenvalue weighted by atomic mass is 32.2. The summed E-state index contributed by atoms with van der Waals surface area (Å²) in [7, 11) is 0. The van der Waals surface area contributed by atoms with Gasteiger partial charge in [-0.25, -0.2) is 4.79 Å². The van der Waals surface area contributed by atoms with Gasteiger partial charge in [-0.15, -0.1) is 11.8 Å². The Balaban J connectivity index is 2.40. The van der Waals surface area contributed by atoms with E-state index in [0.29, 0.717) is 6.61 Å². The van der Waals surface area contributed by atoms with Gasteiger partial charge in [0.05, 0.1) is 11.5 Å². The first-order valence-electron chi connectivity index (χ1n) is 3.34. The Morgan fingerprint density at radius 2 is 2.70 bits per heavy atom. The lowest BCUT2D eigenvalue weighted by Gasteiger charge is -1.99. The highest BCUT2D eigenvalue weighted by molar-refractivity contribution is 8.04. The maximum Gasteiger partial charge on any atom is 0.344 e. The third kappa shape index (κ3) is 1.77. The standard InChI is InChI=1S/C7H10O2S/c1-2-9-7(8)6-4-3-5-10-6/h4H,2-3,5H2,1H3. The predicted octanol–water partition coefficient (Wildman–Crippen LogP) is 1.57. The van der Waals surface area contributed by atoms with E-state index in [-0.39, 0.29) is 5.97 Å². The molecule has 0 spiro atoms. The van der Waals surface area contributed by atoms with Gasteiger partial charge in [-0.1, -0.05) is 6.08 Å². The van der Waals surface area contributed by atoms with Crippen molar-refractivity contribution in [3.63, 3.8) is 0 Å². The molecule has 0 aliphatic carbocycles. The summed E-state index contributed by atoms with van der Waals surface area (Å²) in [6.45, 7) is 2.29. The largest absolute Gasteiger partial charge is 0.462 e. The van der Waals surface area contributed by atoms with Crippen molar-refractivity contribution in [1.29, 1.82) is 0 Å². The van der Waals surface area contributed by atoms with Crippen LogP contribution >= 0.6 is 11.8 Å². The fraction of sp³-hybridized carbons (Fsp3) is 0.571. The Bertz CT molecular complexity index is 163. The normalized spacial score (nSPS) is 16.7. The van der Waals surface area contributed by atoms with Crippen LogP contribution in [0, 0.1) is 0 Å². The van der Waals surface area contributed by atoms with Crippen molar-refractivity contribution < 1.29 is 9.53 Å². The summed E-state index contributed by atoms with van der Waals surface area (Å²) in [4.78, 5) is 11.7. The van der Waals surface area contributed by atoms with E-state index in [1.807, 2.05) is 13.0 Å². The molecule has 1 aliphatic rings. The van der Waals surface area contributed by atoms with Crippen molar-refractivity contribution in [1.82, 2.24) is 0 Å². The Labute approximate surface area is 64.6 Å². The molecule has 0 aromatic carbocycles. The van der Waals surface area contributed by atoms with Crippen LogP contribution in [0.5, 0.6) is 0 Å². The molecular formula is C7H10O2S. The first-order chi connectivity index (χ1) is 4.84. The molecular weight excluding hydrogens is 148 g/mol. The molecule has 3 heteroatoms. The van der Waals surface area contributed by atoms with E-state index in [4.69, 9.17) is 4.74 Å². The summed E-state index contributed by atoms with van der Waals surface area (Å²) < 4.78 is 4.80. The van der Waals surface area contributed by atoms with E-state index in [1.165, 1.54) is 0 Å². The number of carbonyl (C=O) groups is 1. The zero-order chi connectivity index (χ0) is 7.40. The second-order valence-electron chi connectivity index (χ2n) is 1.93. The molecule has 0 radical (unpaired) electrons. The van der Waals surface area contributed by atoms with Crippen LogP contribution in [0.25, 0.3) is 0 Å². The minimum absolute atomic E-state index is 0.162. The van der Waals surface area contributed by atoms with Gasteiger partial charge in [0.15, 0.2) is 0 Å². The third-order valence-electron chi connectivity index (χ3n) is 1.18. The second kappa shape index (κ2) is 3.66. The van der Waals surface area contributed by atoms with Gasteiger partial charge in [0.25, 0.3) is 0 Å². The molecule has 0 atom stereocenters. The molecule has 1 heterocycles. The third-order valence-corrected chi connectivity index (χ3v) is 2.27. The van der Waals surface area contributed by atoms with Crippen molar-refractivity contribution >= 4 is 17.7 Å². The zero-order valence-electron chi connectivity index (χ0n) is 5.92. The Morgan fingerprint density at radius 3 is 3.20 bits per heavy atom. The van der Waals surface area contributed by atoms with Crippen molar-refractivity contribution in [2.45, 2.75) is 13.3 Å². The van der Waals surface area contributed by atoms with E-state index in [1.54, 1.807) is 11.8 Å². The average Bonchev–Trinajstić information content (AvgIpc) is 2.38. The lowest BCUT2D eigenvalue weighted by atomic mass is 10.4. The van der Waals surface area contributed by atoms with Gasteiger partial charge in [-0.3, -0.25) is 0 Å². The first kappa shape index (κ1) is 7.66. The quantitative estimate of drug-likeness (QED) is 0.571. The maximum atomic E-state index is 10.9. The number of hydrogen-bond acceptors (Lipinski definition) is 3. The molecule has 0 bridgehead atoms. The molecule has 0 fully saturated rings. The fourth-order valence-electron chi connectivity index (χ4n) is 0.762. The molecule has 0 N–H and O–H groups in total. The molecule has 0 saturated carbocycles. The summed E-state index contributed by atoms with van der Waals surface area (Å²) in [6, 6.07) is 0. The monoisotopic (exact) mass is 158 g/mol. The summed E-state index contributed by atoms with van der Waals surface area (Å²) in [5.41, 5.74) is 0. The molecule has 56 valence electrons. The Hall–Kier alpha value is -0.440. The first-order valence-corrected chi connectivity index (χ1v) is 4.33. The van der Waals surface area contributed by atoms with Gasteiger partial charge in [0.2, 0.25) is 0 Å². The number of thioether (sulfide) groups is 1. The van der Waals surface area contributed by atoms with Crippen LogP contribution in [0.1, 0.15) is 13.3 Å². The van der Waals surface area contributed by atoms with E-state index < -0.39 is 0 Å². The SMILES string of the molecule is CCOC(=O)C1=CCCS1. The minimum Gasteiger partial charge on any atom is -0.462 e. The van der Waals surface area contributed by atoms with E-state index in [9.17, 15) is 4.79 Å². The maximum absolute atomic E-state index is 10.9. The summed E-state index contributed by atoms with van der Waals surface area (Å²) in [5.74, 6) is 0.860. The number of rotatable bonds is 2. The van der Waals surface area contributed by atoms with Gasteiger partial charge >= 0.3 is 5.97 Å². The van der Waals surface area contributed by atoms with E-state index in [2.05, 4.69) is 0 Å². The van der Waals surface area contributed by atoms with Crippen LogP contribution in [0.3, 0.4) is 0 Å².